The van der Waals surface area contributed by atoms with Gasteiger partial charge in [0.05, 0.1) is 12.7 Å². The first kappa shape index (κ1) is 18.6. The molecule has 0 radical (unpaired) electrons. The average Bonchev–Trinajstić information content (AvgIpc) is 2.48. The first-order valence-electron chi connectivity index (χ1n) is 8.09. The van der Waals surface area contributed by atoms with Gasteiger partial charge in [-0.3, -0.25) is 0 Å². The standard InChI is InChI=1S/C17H26ClFN2O2/c1-12(2)20-17(11-22)5-7-21(8-6-17)10-16(23)14-4-3-13(19)9-15(14)18/h3-4,9,12,16,20,22-23H,5-8,10-11H2,1-2H3. The molecule has 1 aliphatic heterocycles. The molecule has 1 aliphatic rings. The zero-order valence-electron chi connectivity index (χ0n) is 13.7. The van der Waals surface area contributed by atoms with Crippen LogP contribution in [-0.2, 0) is 0 Å². The molecule has 1 heterocycles. The normalized spacial score (nSPS) is 20.0. The number of likely N-dealkylation sites (tertiary alicyclic amines) is 1. The summed E-state index contributed by atoms with van der Waals surface area (Å²) in [5, 5.41) is 23.8. The third-order valence-corrected chi connectivity index (χ3v) is 4.79. The van der Waals surface area contributed by atoms with Crippen molar-refractivity contribution >= 4 is 11.6 Å². The molecule has 1 aromatic carbocycles. The van der Waals surface area contributed by atoms with Crippen molar-refractivity contribution in [1.29, 1.82) is 0 Å². The summed E-state index contributed by atoms with van der Waals surface area (Å²) in [5.74, 6) is -0.406. The van der Waals surface area contributed by atoms with Gasteiger partial charge in [0.1, 0.15) is 5.82 Å². The highest BCUT2D eigenvalue weighted by atomic mass is 35.5. The van der Waals surface area contributed by atoms with Crippen LogP contribution in [0.25, 0.3) is 0 Å². The maximum absolute atomic E-state index is 13.1. The quantitative estimate of drug-likeness (QED) is 0.741. The van der Waals surface area contributed by atoms with Crippen LogP contribution < -0.4 is 5.32 Å². The summed E-state index contributed by atoms with van der Waals surface area (Å²) in [6, 6.07) is 4.38. The lowest BCUT2D eigenvalue weighted by molar-refractivity contribution is 0.0455. The van der Waals surface area contributed by atoms with Crippen LogP contribution in [0.3, 0.4) is 0 Å². The second-order valence-electron chi connectivity index (χ2n) is 6.72. The summed E-state index contributed by atoms with van der Waals surface area (Å²) in [5.41, 5.74) is 0.315. The van der Waals surface area contributed by atoms with Crippen LogP contribution in [0.2, 0.25) is 5.02 Å². The van der Waals surface area contributed by atoms with E-state index in [1.54, 1.807) is 0 Å². The summed E-state index contributed by atoms with van der Waals surface area (Å²) in [7, 11) is 0. The molecule has 0 amide bonds. The number of aliphatic hydroxyl groups excluding tert-OH is 2. The van der Waals surface area contributed by atoms with Gasteiger partial charge in [0.25, 0.3) is 0 Å². The van der Waals surface area contributed by atoms with Gasteiger partial charge in [-0.15, -0.1) is 0 Å². The van der Waals surface area contributed by atoms with Crippen LogP contribution in [-0.4, -0.2) is 52.9 Å². The number of hydrogen-bond donors (Lipinski definition) is 3. The van der Waals surface area contributed by atoms with Gasteiger partial charge < -0.3 is 20.4 Å². The molecular weight excluding hydrogens is 319 g/mol. The molecule has 0 aromatic heterocycles. The number of aliphatic hydroxyl groups is 2. The maximum Gasteiger partial charge on any atom is 0.124 e. The van der Waals surface area contributed by atoms with Gasteiger partial charge in [0.2, 0.25) is 0 Å². The minimum absolute atomic E-state index is 0.116. The molecule has 0 bridgehead atoms. The Hall–Kier alpha value is -0.720. The molecule has 1 fully saturated rings. The van der Waals surface area contributed by atoms with E-state index in [4.69, 9.17) is 11.6 Å². The van der Waals surface area contributed by atoms with E-state index in [2.05, 4.69) is 24.1 Å². The van der Waals surface area contributed by atoms with Gasteiger partial charge in [0.15, 0.2) is 0 Å². The molecule has 1 unspecified atom stereocenters. The Morgan fingerprint density at radius 2 is 2.00 bits per heavy atom. The van der Waals surface area contributed by atoms with Crippen LogP contribution in [0, 0.1) is 5.82 Å². The van der Waals surface area contributed by atoms with E-state index in [0.717, 1.165) is 25.9 Å². The predicted octanol–water partition coefficient (Wildman–Crippen LogP) is 2.34. The van der Waals surface area contributed by atoms with Crippen molar-refractivity contribution in [3.05, 3.63) is 34.6 Å². The summed E-state index contributed by atoms with van der Waals surface area (Å²) in [6.45, 7) is 6.29. The van der Waals surface area contributed by atoms with E-state index < -0.39 is 11.9 Å². The summed E-state index contributed by atoms with van der Waals surface area (Å²) in [6.07, 6.45) is 0.902. The van der Waals surface area contributed by atoms with Gasteiger partial charge in [-0.1, -0.05) is 31.5 Å². The summed E-state index contributed by atoms with van der Waals surface area (Å²) < 4.78 is 13.1. The topological polar surface area (TPSA) is 55.7 Å². The highest BCUT2D eigenvalue weighted by molar-refractivity contribution is 6.31. The molecule has 1 aromatic rings. The lowest BCUT2D eigenvalue weighted by atomic mass is 9.87. The molecule has 0 aliphatic carbocycles. The number of β-amino-alcohol motifs (C(OH)–C–C–N with tert-alkyl or cyclic N) is 1. The molecular formula is C17H26ClFN2O2. The predicted molar refractivity (Wildman–Crippen MR) is 90.1 cm³/mol. The van der Waals surface area contributed by atoms with Crippen molar-refractivity contribution in [3.63, 3.8) is 0 Å². The summed E-state index contributed by atoms with van der Waals surface area (Å²) in [4.78, 5) is 2.15. The first-order chi connectivity index (χ1) is 10.8. The minimum atomic E-state index is -0.747. The third kappa shape index (κ3) is 4.88. The SMILES string of the molecule is CC(C)NC1(CO)CCN(CC(O)c2ccc(F)cc2Cl)CC1. The van der Waals surface area contributed by atoms with Crippen LogP contribution in [0.5, 0.6) is 0 Å². The fourth-order valence-electron chi connectivity index (χ4n) is 3.24. The van der Waals surface area contributed by atoms with E-state index in [1.807, 2.05) is 0 Å². The zero-order valence-corrected chi connectivity index (χ0v) is 14.5. The highest BCUT2D eigenvalue weighted by Crippen LogP contribution is 2.27. The number of hydrogen-bond acceptors (Lipinski definition) is 4. The number of nitrogens with one attached hydrogen (secondary N) is 1. The molecule has 0 saturated carbocycles. The molecule has 1 atom stereocenters. The van der Waals surface area contributed by atoms with Gasteiger partial charge >= 0.3 is 0 Å². The van der Waals surface area contributed by atoms with E-state index in [0.29, 0.717) is 18.2 Å². The Labute approximate surface area is 142 Å². The lowest BCUT2D eigenvalue weighted by Crippen LogP contribution is -2.58. The number of halogens is 2. The molecule has 1 saturated heterocycles. The van der Waals surface area contributed by atoms with E-state index >= 15 is 0 Å². The number of benzene rings is 1. The van der Waals surface area contributed by atoms with Crippen molar-refractivity contribution in [2.45, 2.75) is 44.4 Å². The van der Waals surface area contributed by atoms with Gasteiger partial charge in [-0.25, -0.2) is 4.39 Å². The largest absolute Gasteiger partial charge is 0.394 e. The third-order valence-electron chi connectivity index (χ3n) is 4.46. The van der Waals surface area contributed by atoms with Crippen LogP contribution in [0.15, 0.2) is 18.2 Å². The first-order valence-corrected chi connectivity index (χ1v) is 8.47. The van der Waals surface area contributed by atoms with Crippen molar-refractivity contribution in [1.82, 2.24) is 10.2 Å². The molecule has 3 N–H and O–H groups in total. The highest BCUT2D eigenvalue weighted by Gasteiger charge is 2.34. The maximum atomic E-state index is 13.1. The van der Waals surface area contributed by atoms with Crippen LogP contribution in [0.1, 0.15) is 38.4 Å². The van der Waals surface area contributed by atoms with Crippen molar-refractivity contribution in [2.24, 2.45) is 0 Å². The lowest BCUT2D eigenvalue weighted by Gasteiger charge is -2.43. The van der Waals surface area contributed by atoms with E-state index in [-0.39, 0.29) is 17.2 Å². The molecule has 4 nitrogen and oxygen atoms in total. The number of rotatable bonds is 6. The number of nitrogens with zero attached hydrogens (tertiary/aromatic N) is 1. The molecule has 2 rings (SSSR count). The Bertz CT molecular complexity index is 519. The number of piperidine rings is 1. The van der Waals surface area contributed by atoms with Gasteiger partial charge in [-0.05, 0) is 25.0 Å². The monoisotopic (exact) mass is 344 g/mol. The molecule has 0 spiro atoms. The van der Waals surface area contributed by atoms with Gasteiger partial charge in [-0.2, -0.15) is 0 Å². The molecule has 130 valence electrons. The Kier molecular flexibility index (Phi) is 6.40. The van der Waals surface area contributed by atoms with Crippen molar-refractivity contribution in [3.8, 4) is 0 Å². The fourth-order valence-corrected chi connectivity index (χ4v) is 3.53. The Balaban J connectivity index is 1.93. The van der Waals surface area contributed by atoms with Crippen LogP contribution >= 0.6 is 11.6 Å². The van der Waals surface area contributed by atoms with Crippen molar-refractivity contribution in [2.75, 3.05) is 26.2 Å². The average molecular weight is 345 g/mol. The van der Waals surface area contributed by atoms with E-state index in [1.165, 1.54) is 18.2 Å². The smallest absolute Gasteiger partial charge is 0.124 e. The Morgan fingerprint density at radius 1 is 1.35 bits per heavy atom. The fraction of sp³-hybridized carbons (Fsp3) is 0.647. The van der Waals surface area contributed by atoms with Crippen LogP contribution in [0.4, 0.5) is 4.39 Å². The molecule has 6 heteroatoms. The Morgan fingerprint density at radius 3 is 2.52 bits per heavy atom. The summed E-state index contributed by atoms with van der Waals surface area (Å²) >= 11 is 6.01. The van der Waals surface area contributed by atoms with E-state index in [9.17, 15) is 14.6 Å². The zero-order chi connectivity index (χ0) is 17.0. The molecule has 23 heavy (non-hydrogen) atoms. The van der Waals surface area contributed by atoms with Gasteiger partial charge in [0, 0.05) is 41.8 Å². The second kappa shape index (κ2) is 7.90. The second-order valence-corrected chi connectivity index (χ2v) is 7.13. The van der Waals surface area contributed by atoms with Crippen molar-refractivity contribution < 1.29 is 14.6 Å². The minimum Gasteiger partial charge on any atom is -0.394 e.